The SMILES string of the molecule is COc1ccc(C2CC(=O)C3=C(C2)Nc2nc(N)nn2C3c2ccnc3ccccc23)cc1OC. The molecular weight excluding hydrogens is 444 g/mol. The van der Waals surface area contributed by atoms with Gasteiger partial charge < -0.3 is 20.5 Å². The Morgan fingerprint density at radius 3 is 2.71 bits per heavy atom. The molecule has 3 N–H and O–H groups in total. The molecule has 0 bridgehead atoms. The number of anilines is 2. The van der Waals surface area contributed by atoms with Crippen molar-refractivity contribution in [3.8, 4) is 11.5 Å². The van der Waals surface area contributed by atoms with E-state index in [4.69, 9.17) is 15.2 Å². The van der Waals surface area contributed by atoms with Crippen LogP contribution in [-0.4, -0.2) is 39.8 Å². The number of allylic oxidation sites excluding steroid dienone is 2. The zero-order valence-electron chi connectivity index (χ0n) is 19.4. The van der Waals surface area contributed by atoms with Crippen LogP contribution in [0.5, 0.6) is 11.5 Å². The lowest BCUT2D eigenvalue weighted by Gasteiger charge is -2.35. The third-order valence-corrected chi connectivity index (χ3v) is 6.79. The highest BCUT2D eigenvalue weighted by Crippen LogP contribution is 2.46. The number of fused-ring (bicyclic) bond motifs is 2. The van der Waals surface area contributed by atoms with Gasteiger partial charge in [0, 0.05) is 29.3 Å². The molecule has 176 valence electrons. The molecule has 2 atom stereocenters. The number of para-hydroxylation sites is 1. The minimum Gasteiger partial charge on any atom is -0.493 e. The summed E-state index contributed by atoms with van der Waals surface area (Å²) in [4.78, 5) is 22.7. The molecule has 4 aromatic rings. The van der Waals surface area contributed by atoms with E-state index >= 15 is 0 Å². The van der Waals surface area contributed by atoms with Crippen LogP contribution >= 0.6 is 0 Å². The molecule has 2 aliphatic rings. The minimum absolute atomic E-state index is 0.0183. The van der Waals surface area contributed by atoms with Gasteiger partial charge in [0.15, 0.2) is 17.3 Å². The second kappa shape index (κ2) is 8.12. The molecule has 0 amide bonds. The Bertz CT molecular complexity index is 1500. The normalized spacial score (nSPS) is 19.2. The van der Waals surface area contributed by atoms with E-state index in [0.717, 1.165) is 27.7 Å². The van der Waals surface area contributed by atoms with Gasteiger partial charge in [0.2, 0.25) is 11.9 Å². The van der Waals surface area contributed by atoms with E-state index in [0.29, 0.717) is 35.9 Å². The molecule has 0 spiro atoms. The molecule has 1 aliphatic heterocycles. The van der Waals surface area contributed by atoms with Crippen molar-refractivity contribution in [2.45, 2.75) is 24.8 Å². The number of hydrogen-bond acceptors (Lipinski definition) is 8. The summed E-state index contributed by atoms with van der Waals surface area (Å²) in [5.74, 6) is 2.01. The summed E-state index contributed by atoms with van der Waals surface area (Å²) in [5, 5.41) is 8.75. The fourth-order valence-corrected chi connectivity index (χ4v) is 5.21. The smallest absolute Gasteiger partial charge is 0.241 e. The fraction of sp³-hybridized carbons (Fsp3) is 0.231. The Morgan fingerprint density at radius 1 is 1.06 bits per heavy atom. The van der Waals surface area contributed by atoms with Crippen molar-refractivity contribution in [1.82, 2.24) is 19.7 Å². The second-order valence-corrected chi connectivity index (χ2v) is 8.72. The summed E-state index contributed by atoms with van der Waals surface area (Å²) in [6, 6.07) is 15.2. The fourth-order valence-electron chi connectivity index (χ4n) is 5.21. The van der Waals surface area contributed by atoms with Gasteiger partial charge in [0.25, 0.3) is 0 Å². The molecule has 1 aliphatic carbocycles. The molecule has 3 heterocycles. The highest BCUT2D eigenvalue weighted by molar-refractivity contribution is 6.01. The topological polar surface area (TPSA) is 117 Å². The Labute approximate surface area is 201 Å². The molecule has 9 nitrogen and oxygen atoms in total. The van der Waals surface area contributed by atoms with Gasteiger partial charge in [0.1, 0.15) is 6.04 Å². The van der Waals surface area contributed by atoms with Crippen LogP contribution in [0.4, 0.5) is 11.9 Å². The maximum atomic E-state index is 13.8. The predicted molar refractivity (Wildman–Crippen MR) is 131 cm³/mol. The first-order valence-corrected chi connectivity index (χ1v) is 11.4. The van der Waals surface area contributed by atoms with Gasteiger partial charge in [0.05, 0.1) is 19.7 Å². The van der Waals surface area contributed by atoms with Crippen molar-refractivity contribution in [2.24, 2.45) is 0 Å². The van der Waals surface area contributed by atoms with Gasteiger partial charge in [-0.05, 0) is 47.7 Å². The van der Waals surface area contributed by atoms with Crippen LogP contribution in [0.1, 0.15) is 35.9 Å². The largest absolute Gasteiger partial charge is 0.493 e. The zero-order chi connectivity index (χ0) is 24.1. The van der Waals surface area contributed by atoms with Crippen molar-refractivity contribution in [3.05, 3.63) is 77.1 Å². The number of Topliss-reactive ketones (excluding diaryl/α,β-unsaturated/α-hetero) is 1. The number of pyridine rings is 1. The van der Waals surface area contributed by atoms with E-state index in [-0.39, 0.29) is 17.6 Å². The number of hydrogen-bond donors (Lipinski definition) is 2. The monoisotopic (exact) mass is 468 g/mol. The lowest BCUT2D eigenvalue weighted by molar-refractivity contribution is -0.116. The number of methoxy groups -OCH3 is 2. The molecule has 6 rings (SSSR count). The maximum Gasteiger partial charge on any atom is 0.241 e. The van der Waals surface area contributed by atoms with Crippen LogP contribution in [-0.2, 0) is 4.79 Å². The van der Waals surface area contributed by atoms with Crippen LogP contribution in [0.15, 0.2) is 66.0 Å². The third kappa shape index (κ3) is 3.39. The molecule has 9 heteroatoms. The lowest BCUT2D eigenvalue weighted by atomic mass is 9.77. The zero-order valence-corrected chi connectivity index (χ0v) is 19.4. The number of nitrogens with two attached hydrogens (primary N) is 1. The number of carbonyl (C=O) groups is 1. The maximum absolute atomic E-state index is 13.8. The van der Waals surface area contributed by atoms with Crippen LogP contribution in [0.25, 0.3) is 10.9 Å². The average Bonchev–Trinajstić information content (AvgIpc) is 3.26. The van der Waals surface area contributed by atoms with Crippen LogP contribution in [0.3, 0.4) is 0 Å². The number of carbonyl (C=O) groups excluding carboxylic acids is 1. The van der Waals surface area contributed by atoms with Crippen molar-refractivity contribution in [2.75, 3.05) is 25.3 Å². The van der Waals surface area contributed by atoms with E-state index < -0.39 is 6.04 Å². The summed E-state index contributed by atoms with van der Waals surface area (Å²) in [6.07, 6.45) is 2.78. The first-order valence-electron chi connectivity index (χ1n) is 11.4. The highest BCUT2D eigenvalue weighted by atomic mass is 16.5. The van der Waals surface area contributed by atoms with Gasteiger partial charge in [-0.1, -0.05) is 24.3 Å². The number of ether oxygens (including phenoxy) is 2. The molecule has 2 aromatic heterocycles. The van der Waals surface area contributed by atoms with Crippen LogP contribution in [0, 0.1) is 0 Å². The standard InChI is InChI=1S/C26H24N6O3/c1-34-21-8-7-14(13-22(21)35-2)15-11-19-23(20(33)12-15)24(32-26(29-19)30-25(27)31-32)17-9-10-28-18-6-4-3-5-16(17)18/h3-10,13,15,24H,11-12H2,1-2H3,(H3,27,29,30,31). The highest BCUT2D eigenvalue weighted by Gasteiger charge is 2.40. The van der Waals surface area contributed by atoms with Gasteiger partial charge in [-0.2, -0.15) is 4.98 Å². The molecule has 35 heavy (non-hydrogen) atoms. The number of nitrogens with zero attached hydrogens (tertiary/aromatic N) is 4. The molecule has 2 aromatic carbocycles. The number of rotatable bonds is 4. The number of nitrogen functional groups attached to an aromatic ring is 1. The van der Waals surface area contributed by atoms with E-state index in [1.165, 1.54) is 0 Å². The van der Waals surface area contributed by atoms with E-state index in [2.05, 4.69) is 20.4 Å². The third-order valence-electron chi connectivity index (χ3n) is 6.79. The number of ketones is 1. The Balaban J connectivity index is 1.48. The second-order valence-electron chi connectivity index (χ2n) is 8.72. The van der Waals surface area contributed by atoms with E-state index in [9.17, 15) is 4.79 Å². The summed E-state index contributed by atoms with van der Waals surface area (Å²) in [5.41, 5.74) is 10.3. The lowest BCUT2D eigenvalue weighted by Crippen LogP contribution is -2.33. The summed E-state index contributed by atoms with van der Waals surface area (Å²) in [6.45, 7) is 0. The van der Waals surface area contributed by atoms with Gasteiger partial charge in [-0.25, -0.2) is 4.68 Å². The minimum atomic E-state index is -0.446. The molecule has 0 radical (unpaired) electrons. The quantitative estimate of drug-likeness (QED) is 0.464. The Morgan fingerprint density at radius 2 is 1.89 bits per heavy atom. The Hall–Kier alpha value is -4.40. The number of aromatic nitrogens is 4. The molecule has 0 saturated heterocycles. The van der Waals surface area contributed by atoms with Crippen LogP contribution in [0.2, 0.25) is 0 Å². The molecular formula is C26H24N6O3. The summed E-state index contributed by atoms with van der Waals surface area (Å²) in [7, 11) is 3.22. The first-order chi connectivity index (χ1) is 17.1. The van der Waals surface area contributed by atoms with E-state index in [1.54, 1.807) is 25.1 Å². The van der Waals surface area contributed by atoms with Crippen LogP contribution < -0.4 is 20.5 Å². The first kappa shape index (κ1) is 21.2. The van der Waals surface area contributed by atoms with Gasteiger partial charge in [-0.15, -0.1) is 5.10 Å². The number of nitrogens with one attached hydrogen (secondary N) is 1. The summed E-state index contributed by atoms with van der Waals surface area (Å²) < 4.78 is 12.6. The Kier molecular flexibility index (Phi) is 4.91. The molecule has 0 fully saturated rings. The molecule has 2 unspecified atom stereocenters. The van der Waals surface area contributed by atoms with Crippen molar-refractivity contribution in [1.29, 1.82) is 0 Å². The van der Waals surface area contributed by atoms with Crippen molar-refractivity contribution in [3.63, 3.8) is 0 Å². The van der Waals surface area contributed by atoms with E-state index in [1.807, 2.05) is 48.5 Å². The number of benzene rings is 2. The van der Waals surface area contributed by atoms with Crippen molar-refractivity contribution < 1.29 is 14.3 Å². The molecule has 0 saturated carbocycles. The van der Waals surface area contributed by atoms with Gasteiger partial charge >= 0.3 is 0 Å². The van der Waals surface area contributed by atoms with Crippen molar-refractivity contribution >= 4 is 28.6 Å². The average molecular weight is 469 g/mol. The van der Waals surface area contributed by atoms with Gasteiger partial charge in [-0.3, -0.25) is 9.78 Å². The summed E-state index contributed by atoms with van der Waals surface area (Å²) >= 11 is 0. The predicted octanol–water partition coefficient (Wildman–Crippen LogP) is 3.84.